The zero-order valence-corrected chi connectivity index (χ0v) is 14.8. The van der Waals surface area contributed by atoms with Gasteiger partial charge >= 0.3 is 0 Å². The number of methoxy groups -OCH3 is 1. The topological polar surface area (TPSA) is 59.2 Å². The second-order valence-electron chi connectivity index (χ2n) is 5.09. The molecule has 0 aliphatic rings. The number of H-pyrrole nitrogens is 1. The number of hydrogen-bond acceptors (Lipinski definition) is 5. The number of nitrogens with one attached hydrogen (secondary N) is 1. The molecule has 1 N–H and O–H groups in total. The Morgan fingerprint density at radius 1 is 1.17 bits per heavy atom. The van der Waals surface area contributed by atoms with Gasteiger partial charge in [0.1, 0.15) is 5.75 Å². The number of para-hydroxylation sites is 1. The highest BCUT2D eigenvalue weighted by Crippen LogP contribution is 2.18. The van der Waals surface area contributed by atoms with Gasteiger partial charge in [-0.2, -0.15) is 0 Å². The summed E-state index contributed by atoms with van der Waals surface area (Å²) in [6.45, 7) is 2.02. The summed E-state index contributed by atoms with van der Waals surface area (Å²) in [4.78, 5) is 29.4. The van der Waals surface area contributed by atoms with Gasteiger partial charge in [-0.15, -0.1) is 22.7 Å². The molecule has 0 radical (unpaired) electrons. The van der Waals surface area contributed by atoms with Crippen molar-refractivity contribution >= 4 is 40.6 Å². The molecule has 0 atom stereocenters. The highest BCUT2D eigenvalue weighted by Gasteiger charge is 2.09. The molecule has 0 aliphatic carbocycles. The van der Waals surface area contributed by atoms with Crippen molar-refractivity contribution in [2.45, 2.75) is 6.92 Å². The van der Waals surface area contributed by atoms with E-state index in [1.54, 1.807) is 35.6 Å². The fourth-order valence-electron chi connectivity index (χ4n) is 2.23. The minimum Gasteiger partial charge on any atom is -0.496 e. The molecule has 0 aliphatic heterocycles. The first-order valence-corrected chi connectivity index (χ1v) is 8.86. The molecule has 3 aromatic rings. The van der Waals surface area contributed by atoms with Gasteiger partial charge in [0, 0.05) is 15.8 Å². The number of ketones is 1. The maximum atomic E-state index is 12.4. The number of Topliss-reactive ketones (excluding diaryl/α,β-unsaturated/α-hetero) is 1. The number of aromatic nitrogens is 1. The molecule has 2 aromatic heterocycles. The van der Waals surface area contributed by atoms with Crippen molar-refractivity contribution in [2.75, 3.05) is 7.11 Å². The fraction of sp³-hybridized carbons (Fsp3) is 0.111. The molecule has 0 fully saturated rings. The van der Waals surface area contributed by atoms with E-state index < -0.39 is 0 Å². The van der Waals surface area contributed by atoms with Crippen molar-refractivity contribution in [1.29, 1.82) is 0 Å². The van der Waals surface area contributed by atoms with Gasteiger partial charge in [-0.25, -0.2) is 0 Å². The maximum absolute atomic E-state index is 12.4. The molecule has 24 heavy (non-hydrogen) atoms. The van der Waals surface area contributed by atoms with Crippen LogP contribution in [0.25, 0.3) is 12.2 Å². The molecule has 4 nitrogen and oxygen atoms in total. The minimum absolute atomic E-state index is 0.190. The number of aryl methyl sites for hydroxylation is 1. The maximum Gasteiger partial charge on any atom is 0.266 e. The lowest BCUT2D eigenvalue weighted by atomic mass is 10.1. The first-order valence-electron chi connectivity index (χ1n) is 7.23. The van der Waals surface area contributed by atoms with E-state index >= 15 is 0 Å². The molecule has 0 spiro atoms. The number of rotatable bonds is 4. The van der Waals surface area contributed by atoms with Gasteiger partial charge in [-0.3, -0.25) is 9.59 Å². The highest BCUT2D eigenvalue weighted by atomic mass is 32.1. The van der Waals surface area contributed by atoms with E-state index in [1.807, 2.05) is 25.1 Å². The minimum atomic E-state index is -0.205. The Hall–Kier alpha value is -2.44. The zero-order chi connectivity index (χ0) is 17.1. The summed E-state index contributed by atoms with van der Waals surface area (Å²) >= 11 is 2.89. The molecule has 1 aromatic carbocycles. The first kappa shape index (κ1) is 16.4. The number of ether oxygens (including phenoxy) is 1. The smallest absolute Gasteiger partial charge is 0.266 e. The van der Waals surface area contributed by atoms with Crippen molar-refractivity contribution in [3.8, 4) is 5.75 Å². The predicted molar refractivity (Wildman–Crippen MR) is 98.6 cm³/mol. The van der Waals surface area contributed by atoms with E-state index in [9.17, 15) is 9.59 Å². The van der Waals surface area contributed by atoms with Gasteiger partial charge < -0.3 is 9.72 Å². The Morgan fingerprint density at radius 3 is 2.67 bits per heavy atom. The van der Waals surface area contributed by atoms with Crippen molar-refractivity contribution in [1.82, 2.24) is 4.98 Å². The van der Waals surface area contributed by atoms with Crippen LogP contribution in [0.5, 0.6) is 5.75 Å². The van der Waals surface area contributed by atoms with Gasteiger partial charge in [0.25, 0.3) is 5.56 Å². The number of carbonyl (C=O) groups is 1. The molecular weight excluding hydrogens is 342 g/mol. The summed E-state index contributed by atoms with van der Waals surface area (Å²) in [6, 6.07) is 11.0. The predicted octanol–water partition coefficient (Wildman–Crippen LogP) is 2.31. The van der Waals surface area contributed by atoms with Crippen LogP contribution < -0.4 is 19.5 Å². The standard InChI is InChI=1S/C18H15NO3S2/c1-11-7-8-12(23-11)9-16-18(21)19-17(24-16)10-14(20)13-5-3-4-6-15(13)22-2/h3-10H,1-2H3,(H,19,21)/b16-9+,17-10+. The van der Waals surface area contributed by atoms with Crippen molar-refractivity contribution in [2.24, 2.45) is 0 Å². The number of benzene rings is 1. The monoisotopic (exact) mass is 357 g/mol. The third-order valence-electron chi connectivity index (χ3n) is 3.35. The summed E-state index contributed by atoms with van der Waals surface area (Å²) in [5.74, 6) is 0.307. The molecule has 0 bridgehead atoms. The third-order valence-corrected chi connectivity index (χ3v) is 5.26. The lowest BCUT2D eigenvalue weighted by Crippen LogP contribution is -2.19. The Bertz CT molecular complexity index is 1060. The molecular formula is C18H15NO3S2. The SMILES string of the molecule is COc1ccccc1C(=O)/C=c1\[nH]c(=O)/c(=C\c2ccc(C)s2)s1. The Morgan fingerprint density at radius 2 is 1.96 bits per heavy atom. The summed E-state index contributed by atoms with van der Waals surface area (Å²) in [5, 5.41) is 0. The number of aromatic amines is 1. The average Bonchev–Trinajstić information content (AvgIpc) is 3.13. The van der Waals surface area contributed by atoms with Gasteiger partial charge in [0.15, 0.2) is 5.78 Å². The van der Waals surface area contributed by atoms with Gasteiger partial charge in [-0.05, 0) is 37.3 Å². The number of thiophene rings is 1. The van der Waals surface area contributed by atoms with Crippen LogP contribution in [0.1, 0.15) is 20.1 Å². The van der Waals surface area contributed by atoms with Gasteiger partial charge in [0.2, 0.25) is 0 Å². The molecule has 0 amide bonds. The third kappa shape index (κ3) is 3.55. The van der Waals surface area contributed by atoms with Crippen LogP contribution in [-0.2, 0) is 0 Å². The van der Waals surface area contributed by atoms with Gasteiger partial charge in [0.05, 0.1) is 21.9 Å². The van der Waals surface area contributed by atoms with Crippen molar-refractivity contribution in [3.63, 3.8) is 0 Å². The van der Waals surface area contributed by atoms with E-state index in [0.29, 0.717) is 20.5 Å². The van der Waals surface area contributed by atoms with E-state index in [4.69, 9.17) is 4.74 Å². The quantitative estimate of drug-likeness (QED) is 0.729. The van der Waals surface area contributed by atoms with Crippen LogP contribution in [0.3, 0.4) is 0 Å². The fourth-order valence-corrected chi connectivity index (χ4v) is 4.00. The van der Waals surface area contributed by atoms with Crippen LogP contribution >= 0.6 is 22.7 Å². The molecule has 122 valence electrons. The lowest BCUT2D eigenvalue weighted by molar-refractivity contribution is 0.105. The molecule has 0 saturated heterocycles. The molecule has 0 unspecified atom stereocenters. The van der Waals surface area contributed by atoms with Crippen LogP contribution in [0, 0.1) is 6.92 Å². The molecule has 0 saturated carbocycles. The van der Waals surface area contributed by atoms with E-state index in [-0.39, 0.29) is 11.3 Å². The highest BCUT2D eigenvalue weighted by molar-refractivity contribution is 7.13. The second-order valence-corrected chi connectivity index (χ2v) is 7.49. The number of hydrogen-bond donors (Lipinski definition) is 1. The van der Waals surface area contributed by atoms with Crippen molar-refractivity contribution in [3.05, 3.63) is 71.3 Å². The number of thiazole rings is 1. The zero-order valence-electron chi connectivity index (χ0n) is 13.2. The summed E-state index contributed by atoms with van der Waals surface area (Å²) in [7, 11) is 1.52. The summed E-state index contributed by atoms with van der Waals surface area (Å²) < 4.78 is 6.30. The average molecular weight is 357 g/mol. The van der Waals surface area contributed by atoms with E-state index in [2.05, 4.69) is 4.98 Å². The second kappa shape index (κ2) is 6.98. The summed E-state index contributed by atoms with van der Waals surface area (Å²) in [6.07, 6.45) is 3.27. The van der Waals surface area contributed by atoms with Crippen LogP contribution in [0.2, 0.25) is 0 Å². The molecule has 2 heterocycles. The Labute approximate surface area is 146 Å². The van der Waals surface area contributed by atoms with Gasteiger partial charge in [-0.1, -0.05) is 12.1 Å². The first-order chi connectivity index (χ1) is 11.6. The molecule has 6 heteroatoms. The lowest BCUT2D eigenvalue weighted by Gasteiger charge is -2.03. The van der Waals surface area contributed by atoms with Crippen LogP contribution in [-0.4, -0.2) is 17.9 Å². The van der Waals surface area contributed by atoms with E-state index in [1.165, 1.54) is 29.4 Å². The van der Waals surface area contributed by atoms with Crippen molar-refractivity contribution < 1.29 is 9.53 Å². The van der Waals surface area contributed by atoms with Crippen LogP contribution in [0.4, 0.5) is 0 Å². The van der Waals surface area contributed by atoms with Crippen LogP contribution in [0.15, 0.2) is 41.2 Å². The normalized spacial score (nSPS) is 12.6. The largest absolute Gasteiger partial charge is 0.496 e. The number of carbonyl (C=O) groups excluding carboxylic acids is 1. The Balaban J connectivity index is 2.00. The Kier molecular flexibility index (Phi) is 4.78. The van der Waals surface area contributed by atoms with E-state index in [0.717, 1.165) is 4.88 Å². The molecule has 3 rings (SSSR count). The summed E-state index contributed by atoms with van der Waals surface area (Å²) in [5.41, 5.74) is 0.277.